The summed E-state index contributed by atoms with van der Waals surface area (Å²) < 4.78 is 35.8. The van der Waals surface area contributed by atoms with Crippen molar-refractivity contribution in [2.75, 3.05) is 30.6 Å². The molecule has 164 valence electrons. The van der Waals surface area contributed by atoms with Crippen LogP contribution in [0.15, 0.2) is 51.9 Å². The Morgan fingerprint density at radius 2 is 1.94 bits per heavy atom. The predicted octanol–water partition coefficient (Wildman–Crippen LogP) is 3.31. The number of halogens is 1. The van der Waals surface area contributed by atoms with Crippen LogP contribution in [0.25, 0.3) is 0 Å². The van der Waals surface area contributed by atoms with Gasteiger partial charge in [0, 0.05) is 15.4 Å². The van der Waals surface area contributed by atoms with Crippen LogP contribution in [0.4, 0.5) is 5.69 Å². The van der Waals surface area contributed by atoms with Crippen molar-refractivity contribution >= 4 is 54.3 Å². The lowest BCUT2D eigenvalue weighted by atomic mass is 10.1. The average Bonchev–Trinajstić information content (AvgIpc) is 3.18. The molecular formula is C21H21BrN2O5S2. The maximum absolute atomic E-state index is 12.8. The molecule has 0 unspecified atom stereocenters. The zero-order chi connectivity index (χ0) is 22.2. The van der Waals surface area contributed by atoms with Crippen LogP contribution in [0.5, 0.6) is 11.5 Å². The molecule has 2 saturated heterocycles. The largest absolute Gasteiger partial charge is 0.493 e. The number of rotatable bonds is 5. The fourth-order valence-electron chi connectivity index (χ4n) is 3.80. The number of sulfone groups is 1. The number of hydrogen-bond donors (Lipinski definition) is 0. The van der Waals surface area contributed by atoms with Crippen LogP contribution in [0, 0.1) is 0 Å². The molecule has 0 saturated carbocycles. The van der Waals surface area contributed by atoms with Crippen LogP contribution >= 0.6 is 27.7 Å². The van der Waals surface area contributed by atoms with Crippen LogP contribution in [-0.4, -0.2) is 56.5 Å². The minimum atomic E-state index is -3.11. The van der Waals surface area contributed by atoms with Crippen molar-refractivity contribution in [3.8, 4) is 11.5 Å². The molecule has 2 fully saturated rings. The molecule has 0 spiro atoms. The zero-order valence-corrected chi connectivity index (χ0v) is 20.2. The number of aliphatic imine (C=N–C) groups is 1. The van der Waals surface area contributed by atoms with Gasteiger partial charge < -0.3 is 14.4 Å². The van der Waals surface area contributed by atoms with E-state index in [1.807, 2.05) is 29.2 Å². The van der Waals surface area contributed by atoms with Crippen molar-refractivity contribution < 1.29 is 22.7 Å². The SMILES string of the molecule is COc1ccc(CC(=O)N=C2S[C@@H]3CS(=O)(=O)C[C@H]3N2c2cccc(Br)c2)cc1OC. The van der Waals surface area contributed by atoms with E-state index in [0.29, 0.717) is 16.7 Å². The number of ether oxygens (including phenoxy) is 2. The molecule has 2 aliphatic heterocycles. The first-order chi connectivity index (χ1) is 14.8. The van der Waals surface area contributed by atoms with E-state index in [2.05, 4.69) is 20.9 Å². The van der Waals surface area contributed by atoms with E-state index in [1.165, 1.54) is 11.8 Å². The van der Waals surface area contributed by atoms with Gasteiger partial charge in [-0.05, 0) is 35.9 Å². The van der Waals surface area contributed by atoms with Crippen molar-refractivity contribution in [1.29, 1.82) is 0 Å². The quantitative estimate of drug-likeness (QED) is 0.592. The number of amides is 1. The van der Waals surface area contributed by atoms with Crippen molar-refractivity contribution in [3.63, 3.8) is 0 Å². The molecule has 0 radical (unpaired) electrons. The second-order valence-corrected chi connectivity index (χ2v) is 11.6. The van der Waals surface area contributed by atoms with Gasteiger partial charge >= 0.3 is 0 Å². The van der Waals surface area contributed by atoms with Gasteiger partial charge in [-0.15, -0.1) is 0 Å². The number of carbonyl (C=O) groups is 1. The molecule has 2 aromatic carbocycles. The van der Waals surface area contributed by atoms with Gasteiger partial charge in [0.1, 0.15) is 0 Å². The molecule has 2 atom stereocenters. The highest BCUT2D eigenvalue weighted by Gasteiger charge is 2.49. The van der Waals surface area contributed by atoms with Crippen LogP contribution in [0.1, 0.15) is 5.56 Å². The molecule has 2 aliphatic rings. The van der Waals surface area contributed by atoms with Gasteiger partial charge in [-0.25, -0.2) is 8.42 Å². The van der Waals surface area contributed by atoms with Crippen LogP contribution in [-0.2, 0) is 21.1 Å². The third kappa shape index (κ3) is 4.75. The maximum Gasteiger partial charge on any atom is 0.252 e. The molecule has 10 heteroatoms. The molecule has 1 amide bonds. The van der Waals surface area contributed by atoms with Gasteiger partial charge in [0.15, 0.2) is 26.5 Å². The highest BCUT2D eigenvalue weighted by atomic mass is 79.9. The van der Waals surface area contributed by atoms with E-state index in [4.69, 9.17) is 9.47 Å². The van der Waals surface area contributed by atoms with Crippen LogP contribution in [0.3, 0.4) is 0 Å². The number of nitrogens with zero attached hydrogens (tertiary/aromatic N) is 2. The Balaban J connectivity index is 1.61. The summed E-state index contributed by atoms with van der Waals surface area (Å²) in [6.07, 6.45) is 0.102. The minimum absolute atomic E-state index is 0.0556. The van der Waals surface area contributed by atoms with Gasteiger partial charge in [0.2, 0.25) is 0 Å². The molecule has 4 rings (SSSR count). The topological polar surface area (TPSA) is 85.3 Å². The third-order valence-corrected chi connectivity index (χ3v) is 8.88. The van der Waals surface area contributed by atoms with E-state index in [-0.39, 0.29) is 35.1 Å². The van der Waals surface area contributed by atoms with Gasteiger partial charge in [0.05, 0.1) is 38.2 Å². The van der Waals surface area contributed by atoms with Gasteiger partial charge in [-0.3, -0.25) is 4.79 Å². The molecule has 2 aromatic rings. The number of fused-ring (bicyclic) bond motifs is 1. The van der Waals surface area contributed by atoms with Crippen LogP contribution < -0.4 is 14.4 Å². The van der Waals surface area contributed by atoms with E-state index < -0.39 is 9.84 Å². The number of thioether (sulfide) groups is 1. The third-order valence-electron chi connectivity index (χ3n) is 5.18. The Hall–Kier alpha value is -2.04. The van der Waals surface area contributed by atoms with Crippen molar-refractivity contribution in [1.82, 2.24) is 0 Å². The first-order valence-corrected chi connectivity index (χ1v) is 13.0. The maximum atomic E-state index is 12.8. The number of hydrogen-bond acceptors (Lipinski definition) is 6. The fourth-order valence-corrected chi connectivity index (χ4v) is 8.12. The lowest BCUT2D eigenvalue weighted by molar-refractivity contribution is -0.117. The number of benzene rings is 2. The Morgan fingerprint density at radius 1 is 1.16 bits per heavy atom. The Labute approximate surface area is 193 Å². The summed E-state index contributed by atoms with van der Waals surface area (Å²) in [6.45, 7) is 0. The monoisotopic (exact) mass is 524 g/mol. The molecule has 31 heavy (non-hydrogen) atoms. The van der Waals surface area contributed by atoms with E-state index in [0.717, 1.165) is 15.7 Å². The molecular weight excluding hydrogens is 504 g/mol. The number of amidine groups is 1. The normalized spacial score (nSPS) is 23.1. The Kier molecular flexibility index (Phi) is 6.32. The number of anilines is 1. The second kappa shape index (κ2) is 8.84. The standard InChI is InChI=1S/C21H21BrN2O5S2/c1-28-17-7-6-13(8-18(17)29-2)9-20(25)23-21-24(15-5-3-4-14(22)10-15)16-11-31(26,27)12-19(16)30-21/h3-8,10,16,19H,9,11-12H2,1-2H3/t16-,19-/m1/s1. The molecule has 0 bridgehead atoms. The summed E-state index contributed by atoms with van der Waals surface area (Å²) in [6, 6.07) is 12.6. The van der Waals surface area contributed by atoms with Gasteiger partial charge in [-0.2, -0.15) is 4.99 Å². The van der Waals surface area contributed by atoms with E-state index in [1.54, 1.807) is 32.4 Å². The minimum Gasteiger partial charge on any atom is -0.493 e. The Morgan fingerprint density at radius 3 is 2.65 bits per heavy atom. The summed E-state index contributed by atoms with van der Waals surface area (Å²) in [5.41, 5.74) is 1.57. The molecule has 0 aromatic heterocycles. The predicted molar refractivity (Wildman–Crippen MR) is 126 cm³/mol. The first-order valence-electron chi connectivity index (χ1n) is 9.54. The van der Waals surface area contributed by atoms with Crippen molar-refractivity contribution in [2.45, 2.75) is 17.7 Å². The summed E-state index contributed by atoms with van der Waals surface area (Å²) >= 11 is 4.82. The van der Waals surface area contributed by atoms with Crippen molar-refractivity contribution in [3.05, 3.63) is 52.5 Å². The van der Waals surface area contributed by atoms with Gasteiger partial charge in [-0.1, -0.05) is 39.8 Å². The van der Waals surface area contributed by atoms with E-state index >= 15 is 0 Å². The molecule has 7 nitrogen and oxygen atoms in total. The molecule has 0 aliphatic carbocycles. The summed E-state index contributed by atoms with van der Waals surface area (Å²) in [4.78, 5) is 19.0. The highest BCUT2D eigenvalue weighted by Crippen LogP contribution is 2.41. The number of methoxy groups -OCH3 is 2. The lowest BCUT2D eigenvalue weighted by Gasteiger charge is -2.24. The second-order valence-electron chi connectivity index (χ2n) is 7.30. The zero-order valence-electron chi connectivity index (χ0n) is 16.9. The lowest BCUT2D eigenvalue weighted by Crippen LogP contribution is -2.37. The summed E-state index contributed by atoms with van der Waals surface area (Å²) in [5.74, 6) is 0.977. The number of carbonyl (C=O) groups excluding carboxylic acids is 1. The van der Waals surface area contributed by atoms with E-state index in [9.17, 15) is 13.2 Å². The molecule has 2 heterocycles. The fraction of sp³-hybridized carbons (Fsp3) is 0.333. The van der Waals surface area contributed by atoms with Crippen LogP contribution in [0.2, 0.25) is 0 Å². The van der Waals surface area contributed by atoms with Gasteiger partial charge in [0.25, 0.3) is 5.91 Å². The first kappa shape index (κ1) is 22.2. The average molecular weight is 525 g/mol. The summed E-state index contributed by atoms with van der Waals surface area (Å²) in [7, 11) is -0.0129. The van der Waals surface area contributed by atoms with Crippen molar-refractivity contribution in [2.24, 2.45) is 4.99 Å². The molecule has 0 N–H and O–H groups in total. The smallest absolute Gasteiger partial charge is 0.252 e. The highest BCUT2D eigenvalue weighted by molar-refractivity contribution is 9.10. The Bertz CT molecular complexity index is 1150. The summed E-state index contributed by atoms with van der Waals surface area (Å²) in [5, 5.41) is 0.394.